The molecular formula is C54H36N2. The zero-order chi connectivity index (χ0) is 37.2. The summed E-state index contributed by atoms with van der Waals surface area (Å²) in [6.45, 7) is 2.37. The maximum Gasteiger partial charge on any atom is 0.160 e. The highest BCUT2D eigenvalue weighted by molar-refractivity contribution is 6.21. The van der Waals surface area contributed by atoms with E-state index in [-0.39, 0.29) is 5.41 Å². The maximum absolute atomic E-state index is 5.40. The third-order valence-electron chi connectivity index (χ3n) is 12.0. The van der Waals surface area contributed by atoms with E-state index in [0.29, 0.717) is 5.82 Å². The van der Waals surface area contributed by atoms with Gasteiger partial charge in [0.1, 0.15) is 0 Å². The van der Waals surface area contributed by atoms with Crippen LogP contribution in [0.3, 0.4) is 0 Å². The van der Waals surface area contributed by atoms with Gasteiger partial charge in [-0.05, 0) is 90.3 Å². The summed E-state index contributed by atoms with van der Waals surface area (Å²) in [5.74, 6) is 0.705. The molecule has 0 saturated heterocycles. The lowest BCUT2D eigenvalue weighted by molar-refractivity contribution is 0.714. The third kappa shape index (κ3) is 4.89. The summed E-state index contributed by atoms with van der Waals surface area (Å²) in [6, 6.07) is 72.3. The number of nitrogens with zero attached hydrogens (tertiary/aromatic N) is 2. The number of benzene rings is 9. The number of hydrogen-bond acceptors (Lipinski definition) is 2. The van der Waals surface area contributed by atoms with Gasteiger partial charge in [-0.2, -0.15) is 0 Å². The van der Waals surface area contributed by atoms with Gasteiger partial charge in [0.2, 0.25) is 0 Å². The quantitative estimate of drug-likeness (QED) is 0.131. The predicted octanol–water partition coefficient (Wildman–Crippen LogP) is 13.9. The Morgan fingerprint density at radius 3 is 1.75 bits per heavy atom. The lowest BCUT2D eigenvalue weighted by atomic mass is 9.74. The molecule has 0 radical (unpaired) electrons. The molecule has 1 heterocycles. The molecule has 0 spiro atoms. The fraction of sp³-hybridized carbons (Fsp3) is 0.0370. The molecular weight excluding hydrogens is 677 g/mol. The summed E-state index contributed by atoms with van der Waals surface area (Å²) < 4.78 is 0. The Labute approximate surface area is 326 Å². The lowest BCUT2D eigenvalue weighted by Gasteiger charge is -2.28. The normalized spacial score (nSPS) is 14.6. The molecule has 56 heavy (non-hydrogen) atoms. The van der Waals surface area contributed by atoms with Crippen LogP contribution in [0.4, 0.5) is 0 Å². The summed E-state index contributed by atoms with van der Waals surface area (Å²) in [4.78, 5) is 10.8. The van der Waals surface area contributed by atoms with Gasteiger partial charge in [0.15, 0.2) is 5.82 Å². The number of rotatable bonds is 5. The van der Waals surface area contributed by atoms with Gasteiger partial charge >= 0.3 is 0 Å². The molecule has 10 aromatic rings. The topological polar surface area (TPSA) is 25.8 Å². The van der Waals surface area contributed by atoms with Crippen LogP contribution in [0.15, 0.2) is 200 Å². The maximum atomic E-state index is 5.40. The van der Waals surface area contributed by atoms with Gasteiger partial charge < -0.3 is 0 Å². The van der Waals surface area contributed by atoms with Crippen LogP contribution in [0.25, 0.3) is 88.5 Å². The smallest absolute Gasteiger partial charge is 0.160 e. The molecule has 0 fully saturated rings. The van der Waals surface area contributed by atoms with E-state index in [1.807, 2.05) is 6.07 Å². The molecule has 0 saturated carbocycles. The SMILES string of the molecule is CC1(c2ccccc2)c2ccccc2-c2c(-c3cc(-c4ccccc4-c4c5ccccc5cc5c4ccc4ccccc45)nc(-c4ccccc4)n3)cccc21. The van der Waals surface area contributed by atoms with Crippen molar-refractivity contribution in [2.45, 2.75) is 12.3 Å². The second-order valence-electron chi connectivity index (χ2n) is 15.0. The molecule has 2 heteroatoms. The van der Waals surface area contributed by atoms with Gasteiger partial charge in [-0.3, -0.25) is 0 Å². The molecule has 262 valence electrons. The monoisotopic (exact) mass is 712 g/mol. The van der Waals surface area contributed by atoms with Crippen molar-refractivity contribution in [1.82, 2.24) is 9.97 Å². The molecule has 1 aliphatic carbocycles. The van der Waals surface area contributed by atoms with E-state index < -0.39 is 0 Å². The second kappa shape index (κ2) is 12.7. The number of fused-ring (bicyclic) bond motifs is 7. The van der Waals surface area contributed by atoms with Gasteiger partial charge in [-0.25, -0.2) is 9.97 Å². The van der Waals surface area contributed by atoms with Gasteiger partial charge in [0, 0.05) is 22.1 Å². The number of hydrogen-bond donors (Lipinski definition) is 0. The first-order valence-electron chi connectivity index (χ1n) is 19.3. The molecule has 9 aromatic carbocycles. The highest BCUT2D eigenvalue weighted by Gasteiger charge is 2.41. The molecule has 0 bridgehead atoms. The Bertz CT molecular complexity index is 3150. The minimum Gasteiger partial charge on any atom is -0.228 e. The van der Waals surface area contributed by atoms with Gasteiger partial charge in [-0.1, -0.05) is 188 Å². The van der Waals surface area contributed by atoms with Crippen LogP contribution >= 0.6 is 0 Å². The van der Waals surface area contributed by atoms with E-state index in [0.717, 1.165) is 33.6 Å². The van der Waals surface area contributed by atoms with E-state index in [1.165, 1.54) is 65.7 Å². The molecule has 1 aromatic heterocycles. The largest absolute Gasteiger partial charge is 0.228 e. The minimum absolute atomic E-state index is 0.312. The molecule has 11 rings (SSSR count). The summed E-state index contributed by atoms with van der Waals surface area (Å²) in [7, 11) is 0. The van der Waals surface area contributed by atoms with Crippen LogP contribution in [0.1, 0.15) is 23.6 Å². The lowest BCUT2D eigenvalue weighted by Crippen LogP contribution is -2.22. The van der Waals surface area contributed by atoms with E-state index in [1.54, 1.807) is 0 Å². The Kier molecular flexibility index (Phi) is 7.33. The van der Waals surface area contributed by atoms with Gasteiger partial charge in [-0.15, -0.1) is 0 Å². The summed E-state index contributed by atoms with van der Waals surface area (Å²) in [5.41, 5.74) is 13.4. The Morgan fingerprint density at radius 2 is 0.946 bits per heavy atom. The summed E-state index contributed by atoms with van der Waals surface area (Å²) >= 11 is 0. The molecule has 1 atom stereocenters. The zero-order valence-corrected chi connectivity index (χ0v) is 30.9. The van der Waals surface area contributed by atoms with E-state index in [9.17, 15) is 0 Å². The van der Waals surface area contributed by atoms with Gasteiger partial charge in [0.05, 0.1) is 11.4 Å². The Balaban J connectivity index is 1.19. The Hall–Kier alpha value is -7.16. The van der Waals surface area contributed by atoms with Crippen LogP contribution in [-0.4, -0.2) is 9.97 Å². The van der Waals surface area contributed by atoms with E-state index in [4.69, 9.17) is 9.97 Å². The van der Waals surface area contributed by atoms with Crippen molar-refractivity contribution in [2.24, 2.45) is 0 Å². The number of aromatic nitrogens is 2. The fourth-order valence-electron chi connectivity index (χ4n) is 9.31. The van der Waals surface area contributed by atoms with E-state index in [2.05, 4.69) is 201 Å². The highest BCUT2D eigenvalue weighted by Crippen LogP contribution is 2.55. The van der Waals surface area contributed by atoms with Crippen molar-refractivity contribution in [3.63, 3.8) is 0 Å². The zero-order valence-electron chi connectivity index (χ0n) is 30.9. The van der Waals surface area contributed by atoms with Crippen molar-refractivity contribution in [1.29, 1.82) is 0 Å². The average Bonchev–Trinajstić information content (AvgIpc) is 3.54. The van der Waals surface area contributed by atoms with E-state index >= 15 is 0 Å². The molecule has 0 amide bonds. The van der Waals surface area contributed by atoms with Gasteiger partial charge in [0.25, 0.3) is 0 Å². The van der Waals surface area contributed by atoms with Crippen LogP contribution in [-0.2, 0) is 5.41 Å². The summed E-state index contributed by atoms with van der Waals surface area (Å²) in [6.07, 6.45) is 0. The molecule has 0 N–H and O–H groups in total. The second-order valence-corrected chi connectivity index (χ2v) is 15.0. The first-order valence-corrected chi connectivity index (χ1v) is 19.3. The van der Waals surface area contributed by atoms with Crippen molar-refractivity contribution < 1.29 is 0 Å². The molecule has 1 aliphatic rings. The average molecular weight is 713 g/mol. The Morgan fingerprint density at radius 1 is 0.357 bits per heavy atom. The van der Waals surface area contributed by atoms with Crippen LogP contribution in [0.2, 0.25) is 0 Å². The first-order chi connectivity index (χ1) is 27.7. The standard InChI is InChI=1S/C54H36N2/c1-54(38-21-6-3-7-22-38)47-29-15-14-27-44(47)52-45(28-16-30-48(52)54)50-34-49(55-53(56-50)36-18-4-2-5-19-36)41-25-12-13-26-42(41)51-40-24-11-9-20-37(40)33-46-39-23-10-8-17-35(39)31-32-43(46)51/h2-34H,1H3. The van der Waals surface area contributed by atoms with Crippen molar-refractivity contribution in [2.75, 3.05) is 0 Å². The first kappa shape index (κ1) is 32.3. The minimum atomic E-state index is -0.312. The third-order valence-corrected chi connectivity index (χ3v) is 12.0. The van der Waals surface area contributed by atoms with Crippen molar-refractivity contribution in [3.05, 3.63) is 217 Å². The molecule has 0 aliphatic heterocycles. The highest BCUT2D eigenvalue weighted by atomic mass is 14.9. The van der Waals surface area contributed by atoms with Crippen LogP contribution in [0.5, 0.6) is 0 Å². The predicted molar refractivity (Wildman–Crippen MR) is 234 cm³/mol. The van der Waals surface area contributed by atoms with Crippen LogP contribution in [0, 0.1) is 0 Å². The van der Waals surface area contributed by atoms with Crippen molar-refractivity contribution >= 4 is 32.3 Å². The fourth-order valence-corrected chi connectivity index (χ4v) is 9.31. The summed E-state index contributed by atoms with van der Waals surface area (Å²) in [5, 5.41) is 7.41. The van der Waals surface area contributed by atoms with Crippen LogP contribution < -0.4 is 0 Å². The van der Waals surface area contributed by atoms with Crippen molar-refractivity contribution in [3.8, 4) is 56.2 Å². The molecule has 2 nitrogen and oxygen atoms in total. The molecule has 1 unspecified atom stereocenters.